The molecule has 2 heterocycles. The second-order valence-electron chi connectivity index (χ2n) is 6.97. The number of nitrogens with one attached hydrogen (secondary N) is 2. The van der Waals surface area contributed by atoms with E-state index in [1.807, 2.05) is 29.8 Å². The van der Waals surface area contributed by atoms with Crippen LogP contribution >= 0.6 is 0 Å². The number of rotatable bonds is 4. The second-order valence-corrected chi connectivity index (χ2v) is 6.97. The molecule has 1 atom stereocenters. The van der Waals surface area contributed by atoms with Crippen LogP contribution in [0.25, 0.3) is 11.0 Å². The molecule has 2 N–H and O–H groups in total. The zero-order chi connectivity index (χ0) is 20.4. The molecule has 2 amide bonds. The van der Waals surface area contributed by atoms with Gasteiger partial charge in [0.1, 0.15) is 11.6 Å². The minimum atomic E-state index is -0.410. The molecule has 0 radical (unpaired) electrons. The van der Waals surface area contributed by atoms with Crippen molar-refractivity contribution in [2.24, 2.45) is 7.05 Å². The fraction of sp³-hybridized carbons (Fsp3) is 0.333. The lowest BCUT2D eigenvalue weighted by atomic mass is 10.0. The van der Waals surface area contributed by atoms with Crippen LogP contribution in [-0.2, 0) is 13.6 Å². The van der Waals surface area contributed by atoms with Crippen LogP contribution < -0.4 is 20.1 Å². The normalized spacial score (nSPS) is 15.9. The number of nitrogens with zero attached hydrogens (tertiary/aromatic N) is 2. The summed E-state index contributed by atoms with van der Waals surface area (Å²) in [5.41, 5.74) is 2.41. The lowest BCUT2D eigenvalue weighted by Crippen LogP contribution is -2.38. The summed E-state index contributed by atoms with van der Waals surface area (Å²) in [6.45, 7) is 0.690. The maximum Gasteiger partial charge on any atom is 0.315 e. The molecular formula is C21H23FN4O3. The third-order valence-corrected chi connectivity index (χ3v) is 5.15. The van der Waals surface area contributed by atoms with E-state index >= 15 is 0 Å². The highest BCUT2D eigenvalue weighted by molar-refractivity contribution is 5.78. The first-order valence-corrected chi connectivity index (χ1v) is 9.51. The number of imidazole rings is 1. The minimum Gasteiger partial charge on any atom is -0.497 e. The number of carbonyl (C=O) groups excluding carboxylic acids is 1. The van der Waals surface area contributed by atoms with Crippen molar-refractivity contribution in [3.8, 4) is 11.5 Å². The number of para-hydroxylation sites is 1. The van der Waals surface area contributed by atoms with E-state index in [0.29, 0.717) is 18.6 Å². The maximum atomic E-state index is 14.1. The van der Waals surface area contributed by atoms with Crippen molar-refractivity contribution in [2.75, 3.05) is 13.7 Å². The summed E-state index contributed by atoms with van der Waals surface area (Å²) >= 11 is 0. The van der Waals surface area contributed by atoms with Crippen molar-refractivity contribution in [3.05, 3.63) is 53.6 Å². The van der Waals surface area contributed by atoms with E-state index in [1.165, 1.54) is 6.07 Å². The SMILES string of the molecule is COc1ccc2c(c1)nc(CNC(=O)NC1CCCOc3c(F)cccc31)n2C. The van der Waals surface area contributed by atoms with Crippen molar-refractivity contribution >= 4 is 17.1 Å². The Morgan fingerprint density at radius 3 is 3.07 bits per heavy atom. The Bertz CT molecular complexity index is 1050. The predicted octanol–water partition coefficient (Wildman–Crippen LogP) is 3.43. The molecule has 4 rings (SSSR count). The van der Waals surface area contributed by atoms with Crippen LogP contribution in [-0.4, -0.2) is 29.3 Å². The van der Waals surface area contributed by atoms with Gasteiger partial charge < -0.3 is 24.7 Å². The van der Waals surface area contributed by atoms with Gasteiger partial charge in [-0.15, -0.1) is 0 Å². The van der Waals surface area contributed by atoms with Gasteiger partial charge in [0, 0.05) is 18.7 Å². The number of halogens is 1. The summed E-state index contributed by atoms with van der Waals surface area (Å²) in [7, 11) is 3.51. The summed E-state index contributed by atoms with van der Waals surface area (Å²) in [5.74, 6) is 1.26. The molecule has 1 aromatic heterocycles. The Kier molecular flexibility index (Phi) is 5.24. The van der Waals surface area contributed by atoms with Gasteiger partial charge in [0.2, 0.25) is 0 Å². The number of ether oxygens (including phenoxy) is 2. The van der Waals surface area contributed by atoms with Crippen molar-refractivity contribution in [1.82, 2.24) is 20.2 Å². The summed E-state index contributed by atoms with van der Waals surface area (Å²) in [5, 5.41) is 5.77. The Morgan fingerprint density at radius 2 is 2.24 bits per heavy atom. The number of aryl methyl sites for hydroxylation is 1. The van der Waals surface area contributed by atoms with Crippen molar-refractivity contribution in [3.63, 3.8) is 0 Å². The van der Waals surface area contributed by atoms with E-state index in [1.54, 1.807) is 19.2 Å². The zero-order valence-corrected chi connectivity index (χ0v) is 16.4. The van der Waals surface area contributed by atoms with Crippen molar-refractivity contribution in [2.45, 2.75) is 25.4 Å². The van der Waals surface area contributed by atoms with E-state index in [-0.39, 0.29) is 24.4 Å². The van der Waals surface area contributed by atoms with Gasteiger partial charge in [-0.3, -0.25) is 0 Å². The van der Waals surface area contributed by atoms with Crippen LogP contribution in [0.4, 0.5) is 9.18 Å². The van der Waals surface area contributed by atoms with Crippen LogP contribution in [0.5, 0.6) is 11.5 Å². The maximum absolute atomic E-state index is 14.1. The van der Waals surface area contributed by atoms with Crippen molar-refractivity contribution in [1.29, 1.82) is 0 Å². The summed E-state index contributed by atoms with van der Waals surface area (Å²) in [6, 6.07) is 9.79. The fourth-order valence-electron chi connectivity index (χ4n) is 3.60. The molecule has 0 fully saturated rings. The molecule has 7 nitrogen and oxygen atoms in total. The molecule has 1 unspecified atom stereocenters. The van der Waals surface area contributed by atoms with Crippen LogP contribution in [0.1, 0.15) is 30.3 Å². The largest absolute Gasteiger partial charge is 0.497 e. The third-order valence-electron chi connectivity index (χ3n) is 5.15. The predicted molar refractivity (Wildman–Crippen MR) is 107 cm³/mol. The summed E-state index contributed by atoms with van der Waals surface area (Å²) < 4.78 is 26.7. The van der Waals surface area contributed by atoms with Gasteiger partial charge in [-0.2, -0.15) is 0 Å². The molecule has 29 heavy (non-hydrogen) atoms. The van der Waals surface area contributed by atoms with Crippen LogP contribution in [0.3, 0.4) is 0 Å². The number of fused-ring (bicyclic) bond motifs is 2. The van der Waals surface area contributed by atoms with Gasteiger partial charge in [0.05, 0.1) is 37.3 Å². The molecule has 8 heteroatoms. The first kappa shape index (κ1) is 19.0. The first-order valence-electron chi connectivity index (χ1n) is 9.51. The molecule has 0 aliphatic carbocycles. The lowest BCUT2D eigenvalue weighted by Gasteiger charge is -2.19. The Balaban J connectivity index is 1.45. The molecule has 0 saturated heterocycles. The third kappa shape index (κ3) is 3.83. The molecule has 0 bridgehead atoms. The number of aromatic nitrogens is 2. The molecular weight excluding hydrogens is 375 g/mol. The molecule has 152 valence electrons. The highest BCUT2D eigenvalue weighted by Crippen LogP contribution is 2.33. The van der Waals surface area contributed by atoms with Crippen LogP contribution in [0.15, 0.2) is 36.4 Å². The highest BCUT2D eigenvalue weighted by Gasteiger charge is 2.23. The quantitative estimate of drug-likeness (QED) is 0.706. The number of hydrogen-bond donors (Lipinski definition) is 2. The molecule has 1 aliphatic heterocycles. The fourth-order valence-corrected chi connectivity index (χ4v) is 3.60. The van der Waals surface area contributed by atoms with E-state index in [9.17, 15) is 9.18 Å². The number of urea groups is 1. The first-order chi connectivity index (χ1) is 14.1. The summed E-state index contributed by atoms with van der Waals surface area (Å²) in [6.07, 6.45) is 1.40. The standard InChI is InChI=1S/C21H23FN4O3/c1-26-18-9-8-13(28-2)11-17(18)24-19(26)12-23-21(27)25-16-7-4-10-29-20-14(16)5-3-6-15(20)22/h3,5-6,8-9,11,16H,4,7,10,12H2,1-2H3,(H2,23,25,27). The number of carbonyl (C=O) groups is 1. The Hall–Kier alpha value is -3.29. The van der Waals surface area contributed by atoms with Crippen LogP contribution in [0.2, 0.25) is 0 Å². The Morgan fingerprint density at radius 1 is 1.38 bits per heavy atom. The molecule has 1 aliphatic rings. The van der Waals surface area contributed by atoms with Gasteiger partial charge in [-0.25, -0.2) is 14.2 Å². The smallest absolute Gasteiger partial charge is 0.315 e. The Labute approximate surface area is 167 Å². The van der Waals surface area contributed by atoms with E-state index in [2.05, 4.69) is 15.6 Å². The average molecular weight is 398 g/mol. The summed E-state index contributed by atoms with van der Waals surface area (Å²) in [4.78, 5) is 17.1. The van der Waals surface area contributed by atoms with E-state index in [4.69, 9.17) is 9.47 Å². The van der Waals surface area contributed by atoms with E-state index in [0.717, 1.165) is 29.0 Å². The van der Waals surface area contributed by atoms with Gasteiger partial charge in [0.15, 0.2) is 11.6 Å². The number of benzene rings is 2. The number of amides is 2. The minimum absolute atomic E-state index is 0.222. The van der Waals surface area contributed by atoms with Gasteiger partial charge in [-0.1, -0.05) is 12.1 Å². The van der Waals surface area contributed by atoms with Crippen molar-refractivity contribution < 1.29 is 18.7 Å². The van der Waals surface area contributed by atoms with Gasteiger partial charge in [0.25, 0.3) is 0 Å². The molecule has 0 spiro atoms. The zero-order valence-electron chi connectivity index (χ0n) is 16.4. The van der Waals surface area contributed by atoms with Gasteiger partial charge >= 0.3 is 6.03 Å². The van der Waals surface area contributed by atoms with E-state index < -0.39 is 5.82 Å². The number of methoxy groups -OCH3 is 1. The number of hydrogen-bond acceptors (Lipinski definition) is 4. The molecule has 0 saturated carbocycles. The van der Waals surface area contributed by atoms with Gasteiger partial charge in [-0.05, 0) is 31.0 Å². The second kappa shape index (κ2) is 7.98. The monoisotopic (exact) mass is 398 g/mol. The average Bonchev–Trinajstić information content (AvgIpc) is 2.89. The van der Waals surface area contributed by atoms with Crippen LogP contribution in [0, 0.1) is 5.82 Å². The topological polar surface area (TPSA) is 77.4 Å². The molecule has 2 aromatic carbocycles. The lowest BCUT2D eigenvalue weighted by molar-refractivity contribution is 0.235. The highest BCUT2D eigenvalue weighted by atomic mass is 19.1. The molecule has 3 aromatic rings.